The van der Waals surface area contributed by atoms with Gasteiger partial charge in [0.15, 0.2) is 0 Å². The summed E-state index contributed by atoms with van der Waals surface area (Å²) in [6.07, 6.45) is 10.0. The molecule has 7 rings (SSSR count). The third kappa shape index (κ3) is 5.42. The number of rotatable bonds is 7. The first-order valence-electron chi connectivity index (χ1n) is 16.1. The number of methoxy groups -OCH3 is 1. The topological polar surface area (TPSA) is 90.5 Å². The van der Waals surface area contributed by atoms with Gasteiger partial charge in [-0.25, -0.2) is 14.8 Å². The van der Waals surface area contributed by atoms with Crippen LogP contribution < -0.4 is 0 Å². The molecule has 0 saturated carbocycles. The number of aromatic nitrogens is 3. The Morgan fingerprint density at radius 3 is 2.70 bits per heavy atom. The van der Waals surface area contributed by atoms with Crippen molar-refractivity contribution in [3.8, 4) is 11.5 Å². The van der Waals surface area contributed by atoms with Crippen LogP contribution in [0.25, 0.3) is 28.1 Å². The summed E-state index contributed by atoms with van der Waals surface area (Å²) in [6.45, 7) is 5.49. The van der Waals surface area contributed by atoms with E-state index in [2.05, 4.69) is 71.9 Å². The molecular weight excluding hydrogens is 576 g/mol. The molecule has 2 aromatic heterocycles. The van der Waals surface area contributed by atoms with Crippen LogP contribution in [0.5, 0.6) is 0 Å². The highest BCUT2D eigenvalue weighted by molar-refractivity contribution is 6.02. The molecule has 3 aromatic carbocycles. The number of oxazole rings is 1. The van der Waals surface area contributed by atoms with Crippen molar-refractivity contribution in [2.75, 3.05) is 13.7 Å². The third-order valence-corrected chi connectivity index (χ3v) is 9.33. The molecule has 8 nitrogen and oxygen atoms in total. The zero-order chi connectivity index (χ0) is 31.8. The van der Waals surface area contributed by atoms with Crippen molar-refractivity contribution in [1.82, 2.24) is 19.4 Å². The molecule has 1 saturated heterocycles. The Kier molecular flexibility index (Phi) is 8.03. The number of ether oxygens (including phenoxy) is 1. The highest BCUT2D eigenvalue weighted by atomic mass is 16.5. The van der Waals surface area contributed by atoms with Gasteiger partial charge in [0.05, 0.1) is 24.3 Å². The lowest BCUT2D eigenvalue weighted by Gasteiger charge is -2.22. The van der Waals surface area contributed by atoms with Crippen LogP contribution in [-0.2, 0) is 40.1 Å². The summed E-state index contributed by atoms with van der Waals surface area (Å²) < 4.78 is 13.0. The van der Waals surface area contributed by atoms with Gasteiger partial charge >= 0.3 is 5.97 Å². The summed E-state index contributed by atoms with van der Waals surface area (Å²) in [5, 5.41) is 0. The maximum atomic E-state index is 13.7. The molecule has 3 heterocycles. The first kappa shape index (κ1) is 29.7. The molecule has 1 amide bonds. The lowest BCUT2D eigenvalue weighted by Crippen LogP contribution is -2.40. The average molecular weight is 615 g/mol. The molecule has 1 atom stereocenters. The Hall–Kier alpha value is -4.98. The fraction of sp³-hybridized carbons (Fsp3) is 0.316. The zero-order valence-electron chi connectivity index (χ0n) is 26.6. The van der Waals surface area contributed by atoms with Crippen molar-refractivity contribution in [3.05, 3.63) is 112 Å². The highest BCUT2D eigenvalue weighted by Crippen LogP contribution is 2.35. The Morgan fingerprint density at radius 1 is 1.07 bits per heavy atom. The van der Waals surface area contributed by atoms with Crippen molar-refractivity contribution < 1.29 is 18.7 Å². The second kappa shape index (κ2) is 12.4. The molecule has 0 N–H and O–H groups in total. The van der Waals surface area contributed by atoms with Crippen molar-refractivity contribution in [2.24, 2.45) is 0 Å². The van der Waals surface area contributed by atoms with Gasteiger partial charge in [-0.15, -0.1) is 0 Å². The van der Waals surface area contributed by atoms with E-state index in [1.807, 2.05) is 6.07 Å². The van der Waals surface area contributed by atoms with E-state index in [1.165, 1.54) is 23.8 Å². The lowest BCUT2D eigenvalue weighted by molar-refractivity contribution is -0.149. The number of nitrogens with zero attached hydrogens (tertiary/aromatic N) is 4. The largest absolute Gasteiger partial charge is 0.467 e. The number of aryl methyl sites for hydroxylation is 4. The fourth-order valence-electron chi connectivity index (χ4n) is 7.11. The van der Waals surface area contributed by atoms with E-state index in [0.29, 0.717) is 25.4 Å². The Bertz CT molecular complexity index is 1970. The van der Waals surface area contributed by atoms with Crippen LogP contribution in [-0.4, -0.2) is 51.0 Å². The molecule has 46 heavy (non-hydrogen) atoms. The summed E-state index contributed by atoms with van der Waals surface area (Å²) >= 11 is 0. The van der Waals surface area contributed by atoms with Gasteiger partial charge in [0, 0.05) is 31.1 Å². The number of hydrogen-bond donors (Lipinski definition) is 0. The van der Waals surface area contributed by atoms with E-state index >= 15 is 0 Å². The highest BCUT2D eigenvalue weighted by Gasteiger charge is 2.34. The second-order valence-corrected chi connectivity index (χ2v) is 12.3. The Morgan fingerprint density at radius 2 is 1.89 bits per heavy atom. The monoisotopic (exact) mass is 614 g/mol. The molecule has 0 spiro atoms. The normalized spacial score (nSPS) is 16.8. The standard InChI is InChI=1S/C38H38N4O4/c1-4-8-34-40-36-24(2)19-28(37-39-16-18-46-37)21-33(36)42(34)23-25-12-15-30-27(20-25)14-13-26-9-5-6-10-29(26)31(30)22-35(43)41-17-7-11-32(41)38(44)45-3/h5-6,9-10,12,15-16,18-22,32H,4,7-8,11,13-14,17,23H2,1-3H3. The van der Waals surface area contributed by atoms with Gasteiger partial charge in [-0.3, -0.25) is 4.79 Å². The molecule has 234 valence electrons. The van der Waals surface area contributed by atoms with Crippen LogP contribution in [0.1, 0.15) is 65.4 Å². The van der Waals surface area contributed by atoms with E-state index in [9.17, 15) is 9.59 Å². The minimum absolute atomic E-state index is 0.152. The maximum Gasteiger partial charge on any atom is 0.328 e. The molecule has 1 unspecified atom stereocenters. The second-order valence-electron chi connectivity index (χ2n) is 12.3. The molecule has 2 aliphatic rings. The van der Waals surface area contributed by atoms with E-state index < -0.39 is 6.04 Å². The van der Waals surface area contributed by atoms with Crippen LogP contribution in [0.4, 0.5) is 0 Å². The van der Waals surface area contributed by atoms with Crippen molar-refractivity contribution in [1.29, 1.82) is 0 Å². The van der Waals surface area contributed by atoms with Gasteiger partial charge in [0.2, 0.25) is 11.8 Å². The van der Waals surface area contributed by atoms with Gasteiger partial charge < -0.3 is 18.6 Å². The van der Waals surface area contributed by atoms with Crippen LogP contribution >= 0.6 is 0 Å². The van der Waals surface area contributed by atoms with Crippen LogP contribution in [0.2, 0.25) is 0 Å². The molecule has 8 heteroatoms. The molecule has 1 aliphatic carbocycles. The van der Waals surface area contributed by atoms with E-state index in [4.69, 9.17) is 14.1 Å². The summed E-state index contributed by atoms with van der Waals surface area (Å²) in [7, 11) is 1.38. The minimum atomic E-state index is -0.535. The van der Waals surface area contributed by atoms with Crippen molar-refractivity contribution in [2.45, 2.75) is 65.0 Å². The first-order chi connectivity index (χ1) is 22.4. The first-order valence-corrected chi connectivity index (χ1v) is 16.1. The molecule has 0 bridgehead atoms. The van der Waals surface area contributed by atoms with Crippen LogP contribution in [0, 0.1) is 6.92 Å². The maximum absolute atomic E-state index is 13.7. The van der Waals surface area contributed by atoms with Crippen LogP contribution in [0.15, 0.2) is 77.6 Å². The zero-order valence-corrected chi connectivity index (χ0v) is 26.6. The van der Waals surface area contributed by atoms with Crippen molar-refractivity contribution in [3.63, 3.8) is 0 Å². The lowest BCUT2D eigenvalue weighted by atomic mass is 9.92. The quantitative estimate of drug-likeness (QED) is 0.150. The summed E-state index contributed by atoms with van der Waals surface area (Å²) in [4.78, 5) is 37.3. The minimum Gasteiger partial charge on any atom is -0.467 e. The number of fused-ring (bicyclic) bond motifs is 3. The fourth-order valence-corrected chi connectivity index (χ4v) is 7.11. The number of amides is 1. The number of esters is 1. The Labute approximate surface area is 268 Å². The average Bonchev–Trinajstić information content (AvgIpc) is 3.83. The molecular formula is C38H38N4O4. The number of hydrogen-bond acceptors (Lipinski definition) is 6. The van der Waals surface area contributed by atoms with Gasteiger partial charge in [0.1, 0.15) is 18.1 Å². The van der Waals surface area contributed by atoms with E-state index in [0.717, 1.165) is 76.8 Å². The van der Waals surface area contributed by atoms with Gasteiger partial charge in [-0.2, -0.15) is 0 Å². The summed E-state index contributed by atoms with van der Waals surface area (Å²) in [5.74, 6) is 1.15. The third-order valence-electron chi connectivity index (χ3n) is 9.33. The van der Waals surface area contributed by atoms with Gasteiger partial charge in [-0.05, 0) is 90.1 Å². The Balaban J connectivity index is 1.28. The smallest absolute Gasteiger partial charge is 0.328 e. The van der Waals surface area contributed by atoms with E-state index in [-0.39, 0.29) is 11.9 Å². The molecule has 5 aromatic rings. The molecule has 1 fully saturated rings. The van der Waals surface area contributed by atoms with Crippen molar-refractivity contribution >= 4 is 28.5 Å². The number of benzene rings is 3. The number of carbonyl (C=O) groups excluding carboxylic acids is 2. The van der Waals surface area contributed by atoms with Gasteiger partial charge in [-0.1, -0.05) is 49.4 Å². The SMILES string of the molecule is CCCc1nc2c(C)cc(-c3ncco3)cc2n1Cc1ccc2c(c1)CCc1ccccc1C2=CC(=O)N1CCCC1C(=O)OC. The van der Waals surface area contributed by atoms with E-state index in [1.54, 1.807) is 23.4 Å². The number of likely N-dealkylation sites (tertiary alicyclic amines) is 1. The molecule has 0 radical (unpaired) electrons. The summed E-state index contributed by atoms with van der Waals surface area (Å²) in [5.41, 5.74) is 10.7. The predicted octanol–water partition coefficient (Wildman–Crippen LogP) is 6.69. The van der Waals surface area contributed by atoms with Gasteiger partial charge in [0.25, 0.3) is 0 Å². The molecule has 1 aliphatic heterocycles. The number of carbonyl (C=O) groups is 2. The predicted molar refractivity (Wildman–Crippen MR) is 177 cm³/mol. The summed E-state index contributed by atoms with van der Waals surface area (Å²) in [6, 6.07) is 18.6. The van der Waals surface area contributed by atoms with Crippen LogP contribution in [0.3, 0.4) is 0 Å². The number of imidazole rings is 1.